The summed E-state index contributed by atoms with van der Waals surface area (Å²) < 4.78 is 9.86. The fourth-order valence-corrected chi connectivity index (χ4v) is 2.40. The van der Waals surface area contributed by atoms with Gasteiger partial charge in [0.05, 0.1) is 13.2 Å². The second-order valence-electron chi connectivity index (χ2n) is 7.08. The van der Waals surface area contributed by atoms with Crippen LogP contribution in [0.2, 0.25) is 0 Å². The van der Waals surface area contributed by atoms with Gasteiger partial charge in [0.25, 0.3) is 11.7 Å². The van der Waals surface area contributed by atoms with E-state index in [0.29, 0.717) is 19.3 Å². The normalized spacial score (nSPS) is 18.3. The molecule has 2 amide bonds. The van der Waals surface area contributed by atoms with Gasteiger partial charge in [-0.15, -0.1) is 0 Å². The zero-order chi connectivity index (χ0) is 20.8. The number of methoxy groups -OCH3 is 1. The van der Waals surface area contributed by atoms with Gasteiger partial charge in [0.15, 0.2) is 0 Å². The highest BCUT2D eigenvalue weighted by Gasteiger charge is 2.40. The number of unbranched alkanes of at least 4 members (excludes halogenated alkanes) is 1. The van der Waals surface area contributed by atoms with Gasteiger partial charge < -0.3 is 24.8 Å². The molecule has 2 N–H and O–H groups in total. The lowest BCUT2D eigenvalue weighted by molar-refractivity contribution is -0.149. The first-order chi connectivity index (χ1) is 12.5. The highest BCUT2D eigenvalue weighted by molar-refractivity contribution is 6.46. The van der Waals surface area contributed by atoms with Gasteiger partial charge in [0, 0.05) is 13.7 Å². The zero-order valence-corrected chi connectivity index (χ0v) is 16.3. The molecule has 0 bridgehead atoms. The lowest BCUT2D eigenvalue weighted by atomic mass is 10.0. The van der Waals surface area contributed by atoms with Gasteiger partial charge in [-0.3, -0.25) is 9.59 Å². The van der Waals surface area contributed by atoms with Crippen molar-refractivity contribution in [2.24, 2.45) is 4.99 Å². The number of likely N-dealkylation sites (N-methyl/N-ethyl adjacent to an activating group) is 1. The van der Waals surface area contributed by atoms with Crippen molar-refractivity contribution in [1.82, 2.24) is 10.2 Å². The molecular weight excluding hydrogens is 358 g/mol. The molecule has 0 aromatic carbocycles. The molecule has 0 aliphatic carbocycles. The second kappa shape index (κ2) is 9.45. The molecule has 10 heteroatoms. The lowest BCUT2D eigenvalue weighted by Crippen LogP contribution is -2.57. The van der Waals surface area contributed by atoms with Crippen LogP contribution >= 0.6 is 0 Å². The van der Waals surface area contributed by atoms with E-state index in [4.69, 9.17) is 9.84 Å². The van der Waals surface area contributed by atoms with Gasteiger partial charge in [-0.2, -0.15) is 0 Å². The Morgan fingerprint density at radius 2 is 1.93 bits per heavy atom. The van der Waals surface area contributed by atoms with Gasteiger partial charge in [-0.1, -0.05) is 0 Å². The van der Waals surface area contributed by atoms with Crippen molar-refractivity contribution in [3.05, 3.63) is 0 Å². The maximum absolute atomic E-state index is 12.4. The van der Waals surface area contributed by atoms with Crippen LogP contribution in [0.1, 0.15) is 40.0 Å². The summed E-state index contributed by atoms with van der Waals surface area (Å²) in [4.78, 5) is 53.3. The minimum atomic E-state index is -1.61. The molecule has 10 nitrogen and oxygen atoms in total. The number of Topliss-reactive ketones (excluding diaryl/α,β-unsaturated/α-hetero) is 1. The summed E-state index contributed by atoms with van der Waals surface area (Å²) in [5, 5.41) is 11.3. The minimum absolute atomic E-state index is 0.00120. The summed E-state index contributed by atoms with van der Waals surface area (Å²) in [6.07, 6.45) is 0.663. The molecule has 0 aromatic heterocycles. The number of ether oxygens (including phenoxy) is 2. The number of hydrogen-bond donors (Lipinski definition) is 2. The molecule has 1 rings (SSSR count). The van der Waals surface area contributed by atoms with Crippen LogP contribution in [0.25, 0.3) is 0 Å². The Morgan fingerprint density at radius 3 is 2.44 bits per heavy atom. The maximum atomic E-state index is 12.4. The van der Waals surface area contributed by atoms with Crippen molar-refractivity contribution in [3.8, 4) is 0 Å². The Balaban J connectivity index is 3.17. The summed E-state index contributed by atoms with van der Waals surface area (Å²) in [5.41, 5.74) is -0.733. The monoisotopic (exact) mass is 385 g/mol. The van der Waals surface area contributed by atoms with Crippen LogP contribution < -0.4 is 5.32 Å². The van der Waals surface area contributed by atoms with Crippen molar-refractivity contribution in [1.29, 1.82) is 0 Å². The Morgan fingerprint density at radius 1 is 1.30 bits per heavy atom. The number of ketones is 1. The predicted molar refractivity (Wildman–Crippen MR) is 95.1 cm³/mol. The van der Waals surface area contributed by atoms with E-state index in [9.17, 15) is 19.2 Å². The van der Waals surface area contributed by atoms with Crippen molar-refractivity contribution >= 4 is 29.6 Å². The van der Waals surface area contributed by atoms with Gasteiger partial charge >= 0.3 is 12.1 Å². The maximum Gasteiger partial charge on any atom is 0.410 e. The summed E-state index contributed by atoms with van der Waals surface area (Å²) in [7, 11) is 2.55. The number of nitrogens with one attached hydrogen (secondary N) is 1. The SMILES string of the molecule is COC(=O)C1N=C(C(CCCCO)N(C)C(=O)OC(C)(C)C)NC(=O)C1=O. The smallest absolute Gasteiger partial charge is 0.410 e. The Labute approximate surface area is 157 Å². The largest absolute Gasteiger partial charge is 0.467 e. The molecule has 1 aliphatic rings. The number of aliphatic hydroxyl groups is 1. The van der Waals surface area contributed by atoms with Gasteiger partial charge in [0.1, 0.15) is 11.4 Å². The van der Waals surface area contributed by atoms with E-state index in [0.717, 1.165) is 7.11 Å². The number of amides is 2. The molecule has 2 unspecified atom stereocenters. The minimum Gasteiger partial charge on any atom is -0.467 e. The van der Waals surface area contributed by atoms with Crippen LogP contribution in [-0.2, 0) is 23.9 Å². The third-order valence-corrected chi connectivity index (χ3v) is 3.76. The molecule has 1 heterocycles. The number of carbonyl (C=O) groups is 4. The number of hydrogen-bond acceptors (Lipinski definition) is 8. The van der Waals surface area contributed by atoms with E-state index in [1.807, 2.05) is 0 Å². The van der Waals surface area contributed by atoms with Crippen LogP contribution in [0.5, 0.6) is 0 Å². The third kappa shape index (κ3) is 6.31. The van der Waals surface area contributed by atoms with Crippen LogP contribution in [0, 0.1) is 0 Å². The quantitative estimate of drug-likeness (QED) is 0.273. The van der Waals surface area contributed by atoms with E-state index in [1.54, 1.807) is 20.8 Å². The van der Waals surface area contributed by atoms with Gasteiger partial charge in [-0.25, -0.2) is 14.6 Å². The summed E-state index contributed by atoms with van der Waals surface area (Å²) in [5.74, 6) is -2.98. The molecule has 152 valence electrons. The number of rotatable bonds is 7. The highest BCUT2D eigenvalue weighted by atomic mass is 16.6. The molecule has 0 fully saturated rings. The summed E-state index contributed by atoms with van der Waals surface area (Å²) >= 11 is 0. The van der Waals surface area contributed by atoms with E-state index in [1.165, 1.54) is 11.9 Å². The van der Waals surface area contributed by atoms with Crippen molar-refractivity contribution in [3.63, 3.8) is 0 Å². The average molecular weight is 385 g/mol. The van der Waals surface area contributed by atoms with Crippen LogP contribution in [-0.4, -0.2) is 78.0 Å². The number of aliphatic hydroxyl groups excluding tert-OH is 1. The van der Waals surface area contributed by atoms with E-state index >= 15 is 0 Å². The first-order valence-electron chi connectivity index (χ1n) is 8.59. The van der Waals surface area contributed by atoms with Crippen molar-refractivity contribution in [2.75, 3.05) is 20.8 Å². The molecule has 27 heavy (non-hydrogen) atoms. The van der Waals surface area contributed by atoms with E-state index in [2.05, 4.69) is 15.0 Å². The summed E-state index contributed by atoms with van der Waals surface area (Å²) in [6.45, 7) is 5.10. The number of nitrogens with zero attached hydrogens (tertiary/aromatic N) is 2. The first kappa shape index (κ1) is 22.6. The predicted octanol–water partition coefficient (Wildman–Crippen LogP) is 0.0235. The lowest BCUT2D eigenvalue weighted by Gasteiger charge is -2.33. The second-order valence-corrected chi connectivity index (χ2v) is 7.08. The van der Waals surface area contributed by atoms with E-state index < -0.39 is 41.4 Å². The van der Waals surface area contributed by atoms with Gasteiger partial charge in [-0.05, 0) is 40.0 Å². The van der Waals surface area contributed by atoms with Crippen LogP contribution in [0.3, 0.4) is 0 Å². The fraction of sp³-hybridized carbons (Fsp3) is 0.706. The number of amidine groups is 1. The van der Waals surface area contributed by atoms with E-state index in [-0.39, 0.29) is 12.4 Å². The zero-order valence-electron chi connectivity index (χ0n) is 16.3. The Hall–Kier alpha value is -2.49. The molecule has 0 aromatic rings. The average Bonchev–Trinajstić information content (AvgIpc) is 2.58. The van der Waals surface area contributed by atoms with Crippen molar-refractivity contribution < 1.29 is 33.8 Å². The molecular formula is C17H27N3O7. The molecule has 0 radical (unpaired) electrons. The first-order valence-corrected chi connectivity index (χ1v) is 8.59. The molecule has 0 saturated carbocycles. The van der Waals surface area contributed by atoms with Crippen LogP contribution in [0.15, 0.2) is 4.99 Å². The molecule has 0 spiro atoms. The molecule has 0 saturated heterocycles. The molecule has 1 aliphatic heterocycles. The Bertz CT molecular complexity index is 625. The summed E-state index contributed by atoms with van der Waals surface area (Å²) in [6, 6.07) is -2.36. The topological polar surface area (TPSA) is 135 Å². The van der Waals surface area contributed by atoms with Gasteiger partial charge in [0.2, 0.25) is 6.04 Å². The van der Waals surface area contributed by atoms with Crippen LogP contribution in [0.4, 0.5) is 4.79 Å². The third-order valence-electron chi connectivity index (χ3n) is 3.76. The number of aliphatic imine (C=N–C) groups is 1. The highest BCUT2D eigenvalue weighted by Crippen LogP contribution is 2.17. The fourth-order valence-electron chi connectivity index (χ4n) is 2.40. The number of esters is 1. The van der Waals surface area contributed by atoms with Crippen molar-refractivity contribution in [2.45, 2.75) is 57.7 Å². The number of carbonyl (C=O) groups excluding carboxylic acids is 4. The Kier molecular flexibility index (Phi) is 7.89. The standard InChI is InChI=1S/C17H27N3O7/c1-17(2,3)27-16(25)20(4)10(8-6-7-9-21)13-18-11(15(24)26-5)12(22)14(23)19-13/h10-11,21H,6-9H2,1-5H3,(H,18,19,23). The molecule has 2 atom stereocenters.